The Morgan fingerprint density at radius 2 is 1.91 bits per heavy atom. The van der Waals surface area contributed by atoms with E-state index in [1.807, 2.05) is 35.7 Å². The van der Waals surface area contributed by atoms with Crippen LogP contribution in [0.25, 0.3) is 5.65 Å². The van der Waals surface area contributed by atoms with Gasteiger partial charge in [-0.05, 0) is 43.3 Å². The van der Waals surface area contributed by atoms with E-state index < -0.39 is 10.1 Å². The number of aryl methyl sites for hydroxylation is 1. The van der Waals surface area contributed by atoms with Crippen LogP contribution in [-0.4, -0.2) is 17.8 Å². The van der Waals surface area contributed by atoms with E-state index in [1.165, 1.54) is 12.1 Å². The number of hydrogen-bond donors (Lipinski definition) is 0. The summed E-state index contributed by atoms with van der Waals surface area (Å²) in [6, 6.07) is 11.9. The summed E-state index contributed by atoms with van der Waals surface area (Å²) < 4.78 is 32.3. The largest absolute Gasteiger partial charge is 0.301 e. The van der Waals surface area contributed by atoms with Crippen LogP contribution in [-0.2, 0) is 20.9 Å². The van der Waals surface area contributed by atoms with E-state index >= 15 is 0 Å². The van der Waals surface area contributed by atoms with Gasteiger partial charge >= 0.3 is 0 Å². The Bertz CT molecular complexity index is 918. The average molecular weight is 381 g/mol. The first-order valence-corrected chi connectivity index (χ1v) is 8.75. The lowest BCUT2D eigenvalue weighted by molar-refractivity contribution is 0.302. The molecule has 7 heteroatoms. The molecule has 0 bridgehead atoms. The van der Waals surface area contributed by atoms with Gasteiger partial charge in [-0.2, -0.15) is 8.42 Å². The van der Waals surface area contributed by atoms with Crippen LogP contribution in [0, 0.1) is 6.92 Å². The normalized spacial score (nSPS) is 11.9. The molecule has 114 valence electrons. The molecule has 0 spiro atoms. The third-order valence-electron chi connectivity index (χ3n) is 3.28. The Hall–Kier alpha value is -1.70. The first-order chi connectivity index (χ1) is 10.5. The van der Waals surface area contributed by atoms with Crippen molar-refractivity contribution in [2.45, 2.75) is 18.4 Å². The maximum atomic E-state index is 12.2. The highest BCUT2D eigenvalue weighted by Gasteiger charge is 2.17. The minimum absolute atomic E-state index is 0.0601. The fraction of sp³-hybridized carbons (Fsp3) is 0.133. The summed E-state index contributed by atoms with van der Waals surface area (Å²) in [5, 5.41) is 0. The molecule has 0 saturated heterocycles. The van der Waals surface area contributed by atoms with Gasteiger partial charge in [0.2, 0.25) is 0 Å². The summed E-state index contributed by atoms with van der Waals surface area (Å²) in [6.45, 7) is 1.77. The molecule has 2 heterocycles. The predicted molar refractivity (Wildman–Crippen MR) is 86.0 cm³/mol. The van der Waals surface area contributed by atoms with E-state index in [0.29, 0.717) is 0 Å². The fourth-order valence-electron chi connectivity index (χ4n) is 2.14. The topological polar surface area (TPSA) is 60.7 Å². The molecule has 0 aliphatic heterocycles. The molecule has 0 atom stereocenters. The van der Waals surface area contributed by atoms with Gasteiger partial charge in [0.05, 0.1) is 16.3 Å². The van der Waals surface area contributed by atoms with Crippen molar-refractivity contribution >= 4 is 31.7 Å². The number of aromatic nitrogens is 2. The van der Waals surface area contributed by atoms with E-state index in [-0.39, 0.29) is 11.5 Å². The minimum Gasteiger partial charge on any atom is -0.301 e. The summed E-state index contributed by atoms with van der Waals surface area (Å²) in [5.41, 5.74) is 2.23. The van der Waals surface area contributed by atoms with E-state index in [9.17, 15) is 8.42 Å². The number of pyridine rings is 1. The molecule has 0 amide bonds. The van der Waals surface area contributed by atoms with Gasteiger partial charge < -0.3 is 4.40 Å². The van der Waals surface area contributed by atoms with Crippen LogP contribution in [0.2, 0.25) is 0 Å². The molecule has 22 heavy (non-hydrogen) atoms. The second-order valence-corrected chi connectivity index (χ2v) is 7.27. The number of halogens is 1. The van der Waals surface area contributed by atoms with Gasteiger partial charge in [0.25, 0.3) is 10.1 Å². The van der Waals surface area contributed by atoms with Crippen LogP contribution < -0.4 is 0 Å². The Balaban J connectivity index is 1.87. The van der Waals surface area contributed by atoms with Crippen molar-refractivity contribution in [3.63, 3.8) is 0 Å². The number of nitrogens with zero attached hydrogens (tertiary/aromatic N) is 2. The Morgan fingerprint density at radius 1 is 1.18 bits per heavy atom. The van der Waals surface area contributed by atoms with Crippen LogP contribution in [0.4, 0.5) is 0 Å². The minimum atomic E-state index is -3.80. The van der Waals surface area contributed by atoms with Crippen molar-refractivity contribution in [2.24, 2.45) is 0 Å². The highest BCUT2D eigenvalue weighted by molar-refractivity contribution is 9.10. The summed E-state index contributed by atoms with van der Waals surface area (Å²) in [4.78, 5) is 4.51. The standard InChI is InChI=1S/C15H13BrN2O3S/c1-11-14(18-9-3-2-4-15(18)17-11)10-21-22(19,20)13-7-5-12(16)6-8-13/h2-9H,10H2,1H3. The van der Waals surface area contributed by atoms with Crippen molar-refractivity contribution in [2.75, 3.05) is 0 Å². The molecule has 3 rings (SSSR count). The summed E-state index contributed by atoms with van der Waals surface area (Å²) >= 11 is 3.27. The molecule has 1 aromatic carbocycles. The van der Waals surface area contributed by atoms with Gasteiger partial charge in [-0.15, -0.1) is 0 Å². The molecule has 0 unspecified atom stereocenters. The molecular formula is C15H13BrN2O3S. The lowest BCUT2D eigenvalue weighted by Gasteiger charge is -2.06. The van der Waals surface area contributed by atoms with Gasteiger partial charge in [-0.1, -0.05) is 22.0 Å². The monoisotopic (exact) mass is 380 g/mol. The van der Waals surface area contributed by atoms with Crippen molar-refractivity contribution < 1.29 is 12.6 Å². The van der Waals surface area contributed by atoms with E-state index in [2.05, 4.69) is 20.9 Å². The van der Waals surface area contributed by atoms with Gasteiger partial charge in [0, 0.05) is 10.7 Å². The van der Waals surface area contributed by atoms with Crippen LogP contribution in [0.15, 0.2) is 58.0 Å². The third kappa shape index (κ3) is 2.92. The first-order valence-electron chi connectivity index (χ1n) is 6.55. The smallest absolute Gasteiger partial charge is 0.297 e. The zero-order chi connectivity index (χ0) is 15.7. The Morgan fingerprint density at radius 3 is 2.64 bits per heavy atom. The van der Waals surface area contributed by atoms with Crippen molar-refractivity contribution in [3.05, 3.63) is 64.5 Å². The molecule has 0 radical (unpaired) electrons. The molecule has 3 aromatic rings. The van der Waals surface area contributed by atoms with Crippen molar-refractivity contribution in [3.8, 4) is 0 Å². The molecular weight excluding hydrogens is 368 g/mol. The fourth-order valence-corrected chi connectivity index (χ4v) is 3.28. The Kier molecular flexibility index (Phi) is 4.03. The zero-order valence-electron chi connectivity index (χ0n) is 11.7. The number of fused-ring (bicyclic) bond motifs is 1. The van der Waals surface area contributed by atoms with Crippen molar-refractivity contribution in [1.29, 1.82) is 0 Å². The van der Waals surface area contributed by atoms with Crippen LogP contribution in [0.3, 0.4) is 0 Å². The zero-order valence-corrected chi connectivity index (χ0v) is 14.1. The predicted octanol–water partition coefficient (Wildman–Crippen LogP) is 3.31. The number of imidazole rings is 1. The number of rotatable bonds is 4. The van der Waals surface area contributed by atoms with Gasteiger partial charge in [0.1, 0.15) is 12.3 Å². The molecule has 0 saturated carbocycles. The van der Waals surface area contributed by atoms with Gasteiger partial charge in [0.15, 0.2) is 0 Å². The van der Waals surface area contributed by atoms with Crippen LogP contribution in [0.1, 0.15) is 11.4 Å². The van der Waals surface area contributed by atoms with Crippen LogP contribution in [0.5, 0.6) is 0 Å². The van der Waals surface area contributed by atoms with Crippen molar-refractivity contribution in [1.82, 2.24) is 9.38 Å². The highest BCUT2D eigenvalue weighted by atomic mass is 79.9. The number of benzene rings is 1. The molecule has 0 N–H and O–H groups in total. The average Bonchev–Trinajstić information content (AvgIpc) is 2.81. The summed E-state index contributed by atoms with van der Waals surface area (Å²) in [7, 11) is -3.80. The summed E-state index contributed by atoms with van der Waals surface area (Å²) in [5.74, 6) is 0. The second kappa shape index (κ2) is 5.83. The molecule has 2 aromatic heterocycles. The lowest BCUT2D eigenvalue weighted by Crippen LogP contribution is -2.08. The second-order valence-electron chi connectivity index (χ2n) is 4.74. The molecule has 0 aliphatic carbocycles. The maximum absolute atomic E-state index is 12.2. The van der Waals surface area contributed by atoms with E-state index in [1.54, 1.807) is 12.1 Å². The quantitative estimate of drug-likeness (QED) is 0.651. The first kappa shape index (κ1) is 15.2. The maximum Gasteiger partial charge on any atom is 0.297 e. The lowest BCUT2D eigenvalue weighted by atomic mass is 10.3. The summed E-state index contributed by atoms with van der Waals surface area (Å²) in [6.07, 6.45) is 1.83. The van der Waals surface area contributed by atoms with Gasteiger partial charge in [-0.3, -0.25) is 4.18 Å². The Labute approximate surface area is 136 Å². The SMILES string of the molecule is Cc1nc2ccccn2c1COS(=O)(=O)c1ccc(Br)cc1. The highest BCUT2D eigenvalue weighted by Crippen LogP contribution is 2.19. The van der Waals surface area contributed by atoms with E-state index in [4.69, 9.17) is 4.18 Å². The van der Waals surface area contributed by atoms with Gasteiger partial charge in [-0.25, -0.2) is 4.98 Å². The third-order valence-corrected chi connectivity index (χ3v) is 5.09. The number of hydrogen-bond acceptors (Lipinski definition) is 4. The van der Waals surface area contributed by atoms with E-state index in [0.717, 1.165) is 21.5 Å². The molecule has 0 aliphatic rings. The molecule has 0 fully saturated rings. The van der Waals surface area contributed by atoms with Crippen LogP contribution >= 0.6 is 15.9 Å². The molecule has 5 nitrogen and oxygen atoms in total.